The van der Waals surface area contributed by atoms with Crippen LogP contribution in [0.1, 0.15) is 72.6 Å². The molecule has 1 aromatic carbocycles. The third-order valence-corrected chi connectivity index (χ3v) is 8.12. The first-order chi connectivity index (χ1) is 19.2. The van der Waals surface area contributed by atoms with E-state index in [0.29, 0.717) is 5.56 Å². The van der Waals surface area contributed by atoms with Crippen molar-refractivity contribution in [2.45, 2.75) is 67.7 Å². The van der Waals surface area contributed by atoms with Gasteiger partial charge in [0.15, 0.2) is 5.75 Å². The van der Waals surface area contributed by atoms with E-state index in [-0.39, 0.29) is 40.3 Å². The topological polar surface area (TPSA) is 130 Å². The molecule has 1 aromatic heterocycles. The highest BCUT2D eigenvalue weighted by Crippen LogP contribution is 2.50. The van der Waals surface area contributed by atoms with Crippen LogP contribution in [0.3, 0.4) is 0 Å². The lowest BCUT2D eigenvalue weighted by Crippen LogP contribution is -2.25. The number of carbonyl (C=O) groups is 2. The number of benzene rings is 1. The molecule has 0 spiro atoms. The van der Waals surface area contributed by atoms with Crippen molar-refractivity contribution in [1.29, 1.82) is 0 Å². The summed E-state index contributed by atoms with van der Waals surface area (Å²) in [7, 11) is -4.13. The fraction of sp³-hybridized carbons (Fsp3) is 0.536. The minimum atomic E-state index is -4.13. The lowest BCUT2D eigenvalue weighted by Gasteiger charge is -2.22. The Morgan fingerprint density at radius 2 is 1.50 bits per heavy atom. The fourth-order valence-corrected chi connectivity index (χ4v) is 4.87. The first-order valence-corrected chi connectivity index (χ1v) is 15.5. The van der Waals surface area contributed by atoms with E-state index in [0.717, 1.165) is 0 Å². The van der Waals surface area contributed by atoms with E-state index in [2.05, 4.69) is 4.98 Å². The van der Waals surface area contributed by atoms with Gasteiger partial charge < -0.3 is 19.3 Å². The van der Waals surface area contributed by atoms with Gasteiger partial charge in [0.2, 0.25) is 19.5 Å². The molecule has 0 aliphatic carbocycles. The van der Waals surface area contributed by atoms with Crippen molar-refractivity contribution in [3.8, 4) is 17.2 Å². The lowest BCUT2D eigenvalue weighted by molar-refractivity contribution is -0.162. The zero-order valence-corrected chi connectivity index (χ0v) is 27.3. The van der Waals surface area contributed by atoms with E-state index in [9.17, 15) is 23.7 Å². The molecule has 0 atom stereocenters. The summed E-state index contributed by atoms with van der Waals surface area (Å²) in [6.07, 6.45) is -0.676. The van der Waals surface area contributed by atoms with Crippen LogP contribution in [-0.2, 0) is 39.1 Å². The Labute approximate surface area is 255 Å². The Hall–Kier alpha value is -2.43. The van der Waals surface area contributed by atoms with Crippen molar-refractivity contribution in [3.63, 3.8) is 0 Å². The van der Waals surface area contributed by atoms with E-state index in [1.165, 1.54) is 12.1 Å². The summed E-state index contributed by atoms with van der Waals surface area (Å²) >= 11 is 12.6. The number of pyridine rings is 1. The second kappa shape index (κ2) is 14.4. The zero-order chi connectivity index (χ0) is 32.0. The third-order valence-electron chi connectivity index (χ3n) is 5.63. The molecule has 0 bridgehead atoms. The minimum absolute atomic E-state index is 0.0382. The van der Waals surface area contributed by atoms with Crippen molar-refractivity contribution >= 4 is 42.7 Å². The summed E-state index contributed by atoms with van der Waals surface area (Å²) < 4.78 is 54.8. The quantitative estimate of drug-likeness (QED) is 0.104. The van der Waals surface area contributed by atoms with Crippen molar-refractivity contribution in [3.05, 3.63) is 45.4 Å². The molecule has 0 saturated carbocycles. The number of phenolic OH excluding ortho intramolecular Hbond substituents is 1. The number of halogens is 3. The fourth-order valence-electron chi connectivity index (χ4n) is 3.13. The zero-order valence-electron chi connectivity index (χ0n) is 24.9. The van der Waals surface area contributed by atoms with Gasteiger partial charge in [-0.2, -0.15) is 4.39 Å². The average molecular weight is 652 g/mol. The number of aryl methyl sites for hydroxylation is 1. The van der Waals surface area contributed by atoms with Crippen LogP contribution in [0.2, 0.25) is 10.0 Å². The second-order valence-corrected chi connectivity index (χ2v) is 14.7. The number of carbonyl (C=O) groups excluding carboxylic acids is 2. The summed E-state index contributed by atoms with van der Waals surface area (Å²) in [5.74, 6) is -2.31. The maximum absolute atomic E-state index is 14.8. The van der Waals surface area contributed by atoms with Crippen LogP contribution in [0.4, 0.5) is 4.39 Å². The van der Waals surface area contributed by atoms with E-state index >= 15 is 0 Å². The molecule has 0 saturated heterocycles. The molecule has 10 nitrogen and oxygen atoms in total. The number of hydrogen-bond donors (Lipinski definition) is 1. The maximum atomic E-state index is 14.8. The SMILES string of the molecule is CC(C)c1cc(Oc2c(Cl)c(F)nc(CCP(=O)(OCOC(=O)C(C)(C)C)OCOC(=O)C(C)(C)C)c2Cl)ccc1O. The summed E-state index contributed by atoms with van der Waals surface area (Å²) in [6, 6.07) is 4.45. The Bertz CT molecular complexity index is 1300. The molecule has 0 unspecified atom stereocenters. The van der Waals surface area contributed by atoms with Gasteiger partial charge in [0.05, 0.1) is 22.7 Å². The van der Waals surface area contributed by atoms with Gasteiger partial charge in [-0.3, -0.25) is 23.2 Å². The molecule has 1 heterocycles. The number of aromatic hydroxyl groups is 1. The van der Waals surface area contributed by atoms with Gasteiger partial charge in [-0.25, -0.2) is 4.98 Å². The summed E-state index contributed by atoms with van der Waals surface area (Å²) in [4.78, 5) is 28.0. The number of ether oxygens (including phenoxy) is 3. The molecule has 0 fully saturated rings. The van der Waals surface area contributed by atoms with E-state index in [4.69, 9.17) is 46.5 Å². The molecule has 1 N–H and O–H groups in total. The molecule has 0 aliphatic heterocycles. The lowest BCUT2D eigenvalue weighted by atomic mass is 9.98. The van der Waals surface area contributed by atoms with Crippen molar-refractivity contribution in [2.24, 2.45) is 10.8 Å². The summed E-state index contributed by atoms with van der Waals surface area (Å²) in [6.45, 7) is 12.1. The summed E-state index contributed by atoms with van der Waals surface area (Å²) in [5.41, 5.74) is -1.19. The predicted molar refractivity (Wildman–Crippen MR) is 156 cm³/mol. The highest BCUT2D eigenvalue weighted by Gasteiger charge is 2.31. The van der Waals surface area contributed by atoms with E-state index in [1.54, 1.807) is 47.6 Å². The summed E-state index contributed by atoms with van der Waals surface area (Å²) in [5, 5.41) is 9.45. The number of rotatable bonds is 12. The Morgan fingerprint density at radius 1 is 0.976 bits per heavy atom. The van der Waals surface area contributed by atoms with Crippen molar-refractivity contribution in [2.75, 3.05) is 19.7 Å². The normalized spacial score (nSPS) is 12.4. The molecule has 0 amide bonds. The number of nitrogens with zero attached hydrogens (tertiary/aromatic N) is 1. The van der Waals surface area contributed by atoms with Crippen LogP contribution in [0, 0.1) is 16.8 Å². The molecule has 2 aromatic rings. The van der Waals surface area contributed by atoms with Crippen LogP contribution in [0.5, 0.6) is 17.2 Å². The van der Waals surface area contributed by atoms with Crippen molar-refractivity contribution in [1.82, 2.24) is 4.98 Å². The highest BCUT2D eigenvalue weighted by molar-refractivity contribution is 7.53. The van der Waals surface area contributed by atoms with E-state index in [1.807, 2.05) is 13.8 Å². The Balaban J connectivity index is 2.29. The Morgan fingerprint density at radius 3 is 1.98 bits per heavy atom. The maximum Gasteiger partial charge on any atom is 0.336 e. The first-order valence-electron chi connectivity index (χ1n) is 13.0. The standard InChI is InChI=1S/C28H37Cl2FNO9P/c1-16(2)18-13-17(9-10-20(18)33)41-23-21(29)19(32-24(31)22(23)30)11-12-42(36,39-14-37-25(34)27(3,4)5)40-15-38-26(35)28(6,7)8/h9-10,13,16,33H,11-12,14-15H2,1-8H3. The molecule has 234 valence electrons. The van der Waals surface area contributed by atoms with Gasteiger partial charge in [-0.05, 0) is 65.7 Å². The molecule has 14 heteroatoms. The average Bonchev–Trinajstić information content (AvgIpc) is 2.87. The van der Waals surface area contributed by atoms with Gasteiger partial charge in [-0.1, -0.05) is 37.0 Å². The van der Waals surface area contributed by atoms with Gasteiger partial charge in [-0.15, -0.1) is 0 Å². The molecule has 42 heavy (non-hydrogen) atoms. The van der Waals surface area contributed by atoms with E-state index < -0.39 is 61.1 Å². The van der Waals surface area contributed by atoms with Crippen molar-refractivity contribution < 1.29 is 46.9 Å². The van der Waals surface area contributed by atoms with Crippen LogP contribution in [0.25, 0.3) is 0 Å². The molecular formula is C28H37Cl2FNO9P. The first kappa shape index (κ1) is 35.8. The highest BCUT2D eigenvalue weighted by atomic mass is 35.5. The van der Waals surface area contributed by atoms with Crippen LogP contribution < -0.4 is 4.74 Å². The molecule has 2 rings (SSSR count). The number of phenols is 1. The van der Waals surface area contributed by atoms with Gasteiger partial charge in [0.25, 0.3) is 0 Å². The number of hydrogen-bond acceptors (Lipinski definition) is 10. The van der Waals surface area contributed by atoms with Crippen LogP contribution in [0.15, 0.2) is 18.2 Å². The molecule has 0 aliphatic rings. The number of aromatic nitrogens is 1. The molecule has 0 radical (unpaired) electrons. The van der Waals surface area contributed by atoms with Gasteiger partial charge >= 0.3 is 19.5 Å². The van der Waals surface area contributed by atoms with Gasteiger partial charge in [0, 0.05) is 12.0 Å². The van der Waals surface area contributed by atoms with Gasteiger partial charge in [0.1, 0.15) is 21.5 Å². The molecular weight excluding hydrogens is 615 g/mol. The largest absolute Gasteiger partial charge is 0.508 e. The minimum Gasteiger partial charge on any atom is -0.508 e. The Kier molecular flexibility index (Phi) is 12.2. The monoisotopic (exact) mass is 651 g/mol. The third kappa shape index (κ3) is 10.1. The van der Waals surface area contributed by atoms with Crippen LogP contribution in [-0.4, -0.2) is 41.8 Å². The second-order valence-electron chi connectivity index (χ2n) is 11.7. The predicted octanol–water partition coefficient (Wildman–Crippen LogP) is 8.01. The smallest absolute Gasteiger partial charge is 0.336 e. The number of esters is 2. The van der Waals surface area contributed by atoms with Crippen LogP contribution >= 0.6 is 30.8 Å².